The lowest BCUT2D eigenvalue weighted by Crippen LogP contribution is -2.37. The monoisotopic (exact) mass is 1620 g/mol. The van der Waals surface area contributed by atoms with Crippen molar-refractivity contribution in [3.8, 4) is 34.5 Å². The number of ether oxygens (including phenoxy) is 8. The van der Waals surface area contributed by atoms with E-state index in [1.54, 1.807) is 27.7 Å². The molecule has 0 aromatic heterocycles. The van der Waals surface area contributed by atoms with Gasteiger partial charge in [-0.05, 0) is 305 Å². The Labute approximate surface area is 711 Å². The fraction of sp³-hybridized carbons (Fsp3) is 0.788. The van der Waals surface area contributed by atoms with Crippen LogP contribution in [0.1, 0.15) is 430 Å². The first kappa shape index (κ1) is 103. The van der Waals surface area contributed by atoms with Gasteiger partial charge in [0.2, 0.25) is 0 Å². The molecule has 0 radical (unpaired) electrons. The standard InChI is InChI=1S/2C36H60O5.C32H56O2/c2*1-24(2)14-11-15-26(5)16-12-17-27(6)18-13-22-36(10)23-21-31-30(9)34(28(7)29(8)35(31)41-36)40-33(38)20-19-32(37)39-25(3)4;1-22(2)14-11-15-24(5)16-12-17-25(6)18-13-20-32(10)21-19-29-28(9)30(33-23(3)4)26(7)27(8)31(29)34-32/h2*24-27H,11-23H2,1-10H3;22-25H,11-21H2,1-10H3. The van der Waals surface area contributed by atoms with Crippen molar-refractivity contribution in [1.82, 2.24) is 0 Å². The van der Waals surface area contributed by atoms with Gasteiger partial charge in [-0.3, -0.25) is 19.2 Å². The van der Waals surface area contributed by atoms with Crippen molar-refractivity contribution < 1.29 is 57.1 Å². The van der Waals surface area contributed by atoms with Crippen LogP contribution >= 0.6 is 0 Å². The van der Waals surface area contributed by atoms with Crippen LogP contribution in [0.25, 0.3) is 0 Å². The summed E-state index contributed by atoms with van der Waals surface area (Å²) in [6, 6.07) is 0. The van der Waals surface area contributed by atoms with Gasteiger partial charge in [0.15, 0.2) is 0 Å². The number of carbonyl (C=O) groups excluding carboxylic acids is 4. The average molecular weight is 1620 g/mol. The lowest BCUT2D eigenvalue weighted by Gasteiger charge is -2.38. The van der Waals surface area contributed by atoms with Crippen molar-refractivity contribution in [3.05, 3.63) is 66.8 Å². The second-order valence-electron chi connectivity index (χ2n) is 40.5. The van der Waals surface area contributed by atoms with E-state index < -0.39 is 11.9 Å². The summed E-state index contributed by atoms with van der Waals surface area (Å²) in [7, 11) is 0. The molecule has 3 heterocycles. The van der Waals surface area contributed by atoms with Crippen LogP contribution in [-0.4, -0.2) is 59.0 Å². The molecule has 664 valence electrons. The minimum Gasteiger partial charge on any atom is -0.490 e. The molecule has 0 bridgehead atoms. The summed E-state index contributed by atoms with van der Waals surface area (Å²) in [6.07, 6.45) is 41.2. The lowest BCUT2D eigenvalue weighted by atomic mass is 9.83. The summed E-state index contributed by atoms with van der Waals surface area (Å²) in [5.74, 6) is 11.2. The van der Waals surface area contributed by atoms with Gasteiger partial charge < -0.3 is 37.9 Å². The van der Waals surface area contributed by atoms with Gasteiger partial charge in [0.1, 0.15) is 51.3 Å². The highest BCUT2D eigenvalue weighted by atomic mass is 16.6. The van der Waals surface area contributed by atoms with E-state index in [0.29, 0.717) is 11.5 Å². The van der Waals surface area contributed by atoms with Gasteiger partial charge in [0.05, 0.1) is 44.0 Å². The molecule has 3 aromatic rings. The Balaban J connectivity index is 0.000000368. The Bertz CT molecular complexity index is 3300. The molecule has 12 heteroatoms. The molecule has 0 saturated carbocycles. The number of fused-ring (bicyclic) bond motifs is 3. The highest BCUT2D eigenvalue weighted by molar-refractivity contribution is 5.81. The Kier molecular flexibility index (Phi) is 45.2. The van der Waals surface area contributed by atoms with Crippen LogP contribution in [0.5, 0.6) is 34.5 Å². The second-order valence-corrected chi connectivity index (χ2v) is 40.5. The summed E-state index contributed by atoms with van der Waals surface area (Å²) in [4.78, 5) is 48.8. The van der Waals surface area contributed by atoms with E-state index in [0.717, 1.165) is 179 Å². The topological polar surface area (TPSA) is 142 Å². The molecule has 12 nitrogen and oxygen atoms in total. The van der Waals surface area contributed by atoms with Crippen LogP contribution in [0.4, 0.5) is 0 Å². The molecular formula is C104H176O12. The Hall–Kier alpha value is -5.26. The molecule has 116 heavy (non-hydrogen) atoms. The summed E-state index contributed by atoms with van der Waals surface area (Å²) >= 11 is 0. The van der Waals surface area contributed by atoms with E-state index in [2.05, 4.69) is 152 Å². The Morgan fingerprint density at radius 2 is 0.509 bits per heavy atom. The minimum atomic E-state index is -0.410. The molecule has 0 saturated heterocycles. The van der Waals surface area contributed by atoms with E-state index in [-0.39, 0.29) is 72.7 Å². The first-order valence-electron chi connectivity index (χ1n) is 47.3. The van der Waals surface area contributed by atoms with Crippen LogP contribution in [0.3, 0.4) is 0 Å². The highest BCUT2D eigenvalue weighted by Gasteiger charge is 2.39. The predicted molar refractivity (Wildman–Crippen MR) is 486 cm³/mol. The molecular weight excluding hydrogens is 1440 g/mol. The van der Waals surface area contributed by atoms with Gasteiger partial charge in [-0.2, -0.15) is 0 Å². The number of hydrogen-bond donors (Lipinski definition) is 0. The third-order valence-electron chi connectivity index (χ3n) is 26.1. The quantitative estimate of drug-likeness (QED) is 0.0392. The number of carbonyl (C=O) groups is 4. The highest BCUT2D eigenvalue weighted by Crippen LogP contribution is 2.49. The van der Waals surface area contributed by atoms with Crippen LogP contribution in [0.15, 0.2) is 0 Å². The van der Waals surface area contributed by atoms with E-state index >= 15 is 0 Å². The minimum absolute atomic E-state index is 0.00484. The first-order chi connectivity index (χ1) is 54.4. The zero-order valence-corrected chi connectivity index (χ0v) is 80.5. The number of hydrogen-bond acceptors (Lipinski definition) is 12. The van der Waals surface area contributed by atoms with Crippen molar-refractivity contribution in [1.29, 1.82) is 0 Å². The third-order valence-corrected chi connectivity index (χ3v) is 26.1. The molecule has 0 fully saturated rings. The van der Waals surface area contributed by atoms with Gasteiger partial charge in [-0.15, -0.1) is 0 Å². The molecule has 0 aliphatic carbocycles. The predicted octanol–water partition coefficient (Wildman–Crippen LogP) is 29.5. The van der Waals surface area contributed by atoms with E-state index in [1.807, 2.05) is 27.7 Å². The van der Waals surface area contributed by atoms with Gasteiger partial charge in [0.25, 0.3) is 0 Å². The van der Waals surface area contributed by atoms with E-state index in [1.165, 1.54) is 176 Å². The third kappa shape index (κ3) is 36.2. The molecule has 0 spiro atoms. The smallest absolute Gasteiger partial charge is 0.311 e. The fourth-order valence-corrected chi connectivity index (χ4v) is 17.9. The largest absolute Gasteiger partial charge is 0.490 e. The maximum absolute atomic E-state index is 12.6. The van der Waals surface area contributed by atoms with Gasteiger partial charge in [0, 0.05) is 16.7 Å². The summed E-state index contributed by atoms with van der Waals surface area (Å²) in [5, 5.41) is 0. The van der Waals surface area contributed by atoms with Crippen molar-refractivity contribution in [2.24, 2.45) is 53.3 Å². The van der Waals surface area contributed by atoms with Gasteiger partial charge in [-0.25, -0.2) is 0 Å². The van der Waals surface area contributed by atoms with Crippen LogP contribution in [0.2, 0.25) is 0 Å². The molecule has 3 aromatic carbocycles. The Morgan fingerprint density at radius 3 is 0.750 bits per heavy atom. The second kappa shape index (κ2) is 50.9. The van der Waals surface area contributed by atoms with Crippen LogP contribution < -0.4 is 28.4 Å². The van der Waals surface area contributed by atoms with Crippen molar-refractivity contribution >= 4 is 23.9 Å². The molecule has 6 rings (SSSR count). The molecule has 9 unspecified atom stereocenters. The zero-order valence-electron chi connectivity index (χ0n) is 80.5. The van der Waals surface area contributed by atoms with Gasteiger partial charge >= 0.3 is 23.9 Å². The summed E-state index contributed by atoms with van der Waals surface area (Å²) in [6.45, 7) is 65.5. The van der Waals surface area contributed by atoms with Crippen LogP contribution in [0, 0.1) is 116 Å². The van der Waals surface area contributed by atoms with Crippen molar-refractivity contribution in [2.75, 3.05) is 0 Å². The molecule has 3 aliphatic rings. The first-order valence-corrected chi connectivity index (χ1v) is 47.3. The molecule has 0 N–H and O–H groups in total. The number of esters is 4. The normalized spacial score (nSPS) is 18.6. The maximum Gasteiger partial charge on any atom is 0.311 e. The molecule has 3 aliphatic heterocycles. The number of rotatable bonds is 48. The lowest BCUT2D eigenvalue weighted by molar-refractivity contribution is -0.150. The van der Waals surface area contributed by atoms with Crippen molar-refractivity contribution in [3.63, 3.8) is 0 Å². The van der Waals surface area contributed by atoms with E-state index in [9.17, 15) is 19.2 Å². The zero-order chi connectivity index (χ0) is 86.9. The number of benzene rings is 3. The SMILES string of the molecule is Cc1c(C)c2c(c(C)c1OC(=O)CCC(=O)OC(C)C)CCC(C)(CCCC(C)CCCC(C)CCCC(C)C)O2.Cc1c(C)c2c(c(C)c1OC(=O)CCC(=O)OC(C)C)CCC(C)(CCCC(C)CCCC(C)CCCC(C)C)O2.Cc1c(C)c2c(c(C)c1OC(C)C)CCC(C)(CCCC(C)CCCC(C)CCCC(C)C)O2. The average Bonchev–Trinajstić information content (AvgIpc) is 0.772. The van der Waals surface area contributed by atoms with Crippen molar-refractivity contribution in [2.45, 2.75) is 480 Å². The molecule has 9 atom stereocenters. The molecule has 0 amide bonds. The maximum atomic E-state index is 12.6. The van der Waals surface area contributed by atoms with Crippen LogP contribution in [-0.2, 0) is 47.9 Å². The van der Waals surface area contributed by atoms with Gasteiger partial charge in [-0.1, -0.05) is 218 Å². The summed E-state index contributed by atoms with van der Waals surface area (Å²) in [5.41, 5.74) is 12.9. The Morgan fingerprint density at radius 1 is 0.284 bits per heavy atom. The van der Waals surface area contributed by atoms with E-state index in [4.69, 9.17) is 37.9 Å². The fourth-order valence-electron chi connectivity index (χ4n) is 17.9. The summed E-state index contributed by atoms with van der Waals surface area (Å²) < 4.78 is 48.3.